The van der Waals surface area contributed by atoms with E-state index in [0.717, 1.165) is 11.1 Å². The predicted molar refractivity (Wildman–Crippen MR) is 135 cm³/mol. The van der Waals surface area contributed by atoms with Crippen LogP contribution in [-0.4, -0.2) is 58.1 Å². The van der Waals surface area contributed by atoms with Gasteiger partial charge in [-0.05, 0) is 56.4 Å². The van der Waals surface area contributed by atoms with Crippen LogP contribution < -0.4 is 10.6 Å². The lowest BCUT2D eigenvalue weighted by Gasteiger charge is -2.36. The molecule has 0 radical (unpaired) electrons. The van der Waals surface area contributed by atoms with E-state index < -0.39 is 35.6 Å². The number of hydrogen-bond acceptors (Lipinski definition) is 5. The van der Waals surface area contributed by atoms with Crippen molar-refractivity contribution in [3.63, 3.8) is 0 Å². The molecular formula is C28H33N3O5. The number of aryl methyl sites for hydroxylation is 2. The molecule has 2 aromatic rings. The zero-order chi connectivity index (χ0) is 25.6. The number of rotatable bonds is 7. The standard InChI is InChI=1S/C28H33N3O5/c1-4-19(15-32)31-24(26(34)30-23-16(2)9-8-10-17(23)3)28-14-13-20(36-28)21(22(28)27(31)35)25(33)29-18-11-6-5-7-12-18/h5-12,19-22,24,32H,4,13-15H2,1-3H3,(H,29,33)(H,30,34)/t19-,20+,21-,22-,24?,28?/m0/s1. The van der Waals surface area contributed by atoms with Crippen molar-refractivity contribution in [1.29, 1.82) is 0 Å². The van der Waals surface area contributed by atoms with Crippen LogP contribution in [0.1, 0.15) is 37.3 Å². The number of carbonyl (C=O) groups is 3. The number of aliphatic hydroxyl groups is 1. The first-order valence-corrected chi connectivity index (χ1v) is 12.7. The number of fused-ring (bicyclic) bond motifs is 1. The first-order valence-electron chi connectivity index (χ1n) is 12.7. The number of amides is 3. The summed E-state index contributed by atoms with van der Waals surface area (Å²) in [6.07, 6.45) is 1.14. The third kappa shape index (κ3) is 3.71. The molecule has 0 saturated carbocycles. The number of likely N-dealkylation sites (tertiary alicyclic amines) is 1. The van der Waals surface area contributed by atoms with Gasteiger partial charge >= 0.3 is 0 Å². The average Bonchev–Trinajstić information content (AvgIpc) is 3.51. The summed E-state index contributed by atoms with van der Waals surface area (Å²) in [5, 5.41) is 16.1. The highest BCUT2D eigenvalue weighted by Crippen LogP contribution is 2.59. The van der Waals surface area contributed by atoms with E-state index in [1.165, 1.54) is 4.90 Å². The van der Waals surface area contributed by atoms with Gasteiger partial charge in [0.25, 0.3) is 0 Å². The maximum atomic E-state index is 14.0. The summed E-state index contributed by atoms with van der Waals surface area (Å²) in [4.78, 5) is 42.9. The van der Waals surface area contributed by atoms with E-state index in [4.69, 9.17) is 4.74 Å². The van der Waals surface area contributed by atoms with Crippen molar-refractivity contribution >= 4 is 29.1 Å². The van der Waals surface area contributed by atoms with E-state index in [1.807, 2.05) is 57.2 Å². The van der Waals surface area contributed by atoms with Crippen molar-refractivity contribution in [1.82, 2.24) is 4.90 Å². The van der Waals surface area contributed by atoms with Crippen molar-refractivity contribution in [2.75, 3.05) is 17.2 Å². The molecule has 36 heavy (non-hydrogen) atoms. The van der Waals surface area contributed by atoms with Crippen molar-refractivity contribution < 1.29 is 24.2 Å². The van der Waals surface area contributed by atoms with E-state index in [1.54, 1.807) is 12.1 Å². The summed E-state index contributed by atoms with van der Waals surface area (Å²) >= 11 is 0. The molecule has 0 aliphatic carbocycles. The number of hydrogen-bond donors (Lipinski definition) is 3. The third-order valence-corrected chi connectivity index (χ3v) is 8.14. The fourth-order valence-corrected chi connectivity index (χ4v) is 6.45. The summed E-state index contributed by atoms with van der Waals surface area (Å²) in [6.45, 7) is 5.44. The van der Waals surface area contributed by atoms with Crippen LogP contribution in [0.5, 0.6) is 0 Å². The second-order valence-electron chi connectivity index (χ2n) is 10.2. The molecular weight excluding hydrogens is 458 g/mol. The number of nitrogens with zero attached hydrogens (tertiary/aromatic N) is 1. The van der Waals surface area contributed by atoms with Gasteiger partial charge in [0.05, 0.1) is 30.6 Å². The number of para-hydroxylation sites is 2. The molecule has 0 aromatic heterocycles. The number of ether oxygens (including phenoxy) is 1. The zero-order valence-corrected chi connectivity index (χ0v) is 20.9. The number of carbonyl (C=O) groups excluding carboxylic acids is 3. The Morgan fingerprint density at radius 1 is 1.08 bits per heavy atom. The van der Waals surface area contributed by atoms with Crippen molar-refractivity contribution in [2.24, 2.45) is 11.8 Å². The lowest BCUT2D eigenvalue weighted by atomic mass is 9.70. The molecule has 190 valence electrons. The monoisotopic (exact) mass is 491 g/mol. The van der Waals surface area contributed by atoms with Gasteiger partial charge in [0.2, 0.25) is 17.7 Å². The Hall–Kier alpha value is -3.23. The number of nitrogens with one attached hydrogen (secondary N) is 2. The van der Waals surface area contributed by atoms with E-state index >= 15 is 0 Å². The minimum Gasteiger partial charge on any atom is -0.394 e. The molecule has 3 fully saturated rings. The predicted octanol–water partition coefficient (Wildman–Crippen LogP) is 3.03. The first kappa shape index (κ1) is 24.5. The SMILES string of the molecule is CC[C@@H](CO)N1C(=O)[C@@H]2[C@@H](C(=O)Nc3ccccc3)[C@H]3CCC2(O3)C1C(=O)Nc1c(C)cccc1C. The number of aliphatic hydroxyl groups excluding tert-OH is 1. The minimum atomic E-state index is -1.11. The molecule has 3 aliphatic heterocycles. The second-order valence-corrected chi connectivity index (χ2v) is 10.2. The summed E-state index contributed by atoms with van der Waals surface area (Å²) in [7, 11) is 0. The van der Waals surface area contributed by atoms with Crippen LogP contribution in [0.2, 0.25) is 0 Å². The van der Waals surface area contributed by atoms with E-state index in [0.29, 0.717) is 30.6 Å². The van der Waals surface area contributed by atoms with Crippen molar-refractivity contribution in [2.45, 2.75) is 63.8 Å². The van der Waals surface area contributed by atoms with E-state index in [-0.39, 0.29) is 24.3 Å². The average molecular weight is 492 g/mol. The molecule has 3 heterocycles. The maximum absolute atomic E-state index is 14.0. The highest BCUT2D eigenvalue weighted by molar-refractivity contribution is 6.05. The highest BCUT2D eigenvalue weighted by atomic mass is 16.5. The normalized spacial score (nSPS) is 29.2. The van der Waals surface area contributed by atoms with Crippen molar-refractivity contribution in [3.8, 4) is 0 Å². The Kier molecular flexibility index (Phi) is 6.34. The molecule has 5 rings (SSSR count). The van der Waals surface area contributed by atoms with Gasteiger partial charge in [-0.2, -0.15) is 0 Å². The summed E-state index contributed by atoms with van der Waals surface area (Å²) in [6, 6.07) is 13.4. The van der Waals surface area contributed by atoms with Gasteiger partial charge in [0.1, 0.15) is 11.6 Å². The second kappa shape index (κ2) is 9.33. The van der Waals surface area contributed by atoms with Gasteiger partial charge in [-0.1, -0.05) is 43.3 Å². The molecule has 3 aliphatic rings. The van der Waals surface area contributed by atoms with Crippen LogP contribution >= 0.6 is 0 Å². The van der Waals surface area contributed by atoms with Gasteiger partial charge in [0.15, 0.2) is 0 Å². The molecule has 8 heteroatoms. The molecule has 2 bridgehead atoms. The Balaban J connectivity index is 1.52. The van der Waals surface area contributed by atoms with Gasteiger partial charge in [0, 0.05) is 11.4 Å². The van der Waals surface area contributed by atoms with Crippen molar-refractivity contribution in [3.05, 3.63) is 59.7 Å². The minimum absolute atomic E-state index is 0.275. The number of benzene rings is 2. The molecule has 3 N–H and O–H groups in total. The molecule has 1 spiro atoms. The molecule has 6 atom stereocenters. The smallest absolute Gasteiger partial charge is 0.250 e. The largest absolute Gasteiger partial charge is 0.394 e. The van der Waals surface area contributed by atoms with Gasteiger partial charge < -0.3 is 25.4 Å². The first-order chi connectivity index (χ1) is 17.3. The van der Waals surface area contributed by atoms with Gasteiger partial charge in [-0.25, -0.2) is 0 Å². The Labute approximate surface area is 211 Å². The quantitative estimate of drug-likeness (QED) is 0.552. The Morgan fingerprint density at radius 3 is 2.42 bits per heavy atom. The molecule has 2 aromatic carbocycles. The topological polar surface area (TPSA) is 108 Å². The van der Waals surface area contributed by atoms with Crippen LogP contribution in [0.25, 0.3) is 0 Å². The fourth-order valence-electron chi connectivity index (χ4n) is 6.45. The maximum Gasteiger partial charge on any atom is 0.250 e. The molecule has 2 unspecified atom stereocenters. The van der Waals surface area contributed by atoms with Gasteiger partial charge in [-0.15, -0.1) is 0 Å². The van der Waals surface area contributed by atoms with Crippen LogP contribution in [0.15, 0.2) is 48.5 Å². The molecule has 3 amide bonds. The summed E-state index contributed by atoms with van der Waals surface area (Å²) in [5.74, 6) is -2.41. The summed E-state index contributed by atoms with van der Waals surface area (Å²) in [5.41, 5.74) is 2.08. The Bertz CT molecular complexity index is 1160. The van der Waals surface area contributed by atoms with Crippen LogP contribution in [0.4, 0.5) is 11.4 Å². The third-order valence-electron chi connectivity index (χ3n) is 8.14. The van der Waals surface area contributed by atoms with Crippen LogP contribution in [0, 0.1) is 25.7 Å². The van der Waals surface area contributed by atoms with E-state index in [9.17, 15) is 19.5 Å². The number of anilines is 2. The lowest BCUT2D eigenvalue weighted by Crippen LogP contribution is -2.56. The zero-order valence-electron chi connectivity index (χ0n) is 20.9. The van der Waals surface area contributed by atoms with Gasteiger partial charge in [-0.3, -0.25) is 14.4 Å². The van der Waals surface area contributed by atoms with Crippen LogP contribution in [-0.2, 0) is 19.1 Å². The van der Waals surface area contributed by atoms with Crippen LogP contribution in [0.3, 0.4) is 0 Å². The summed E-state index contributed by atoms with van der Waals surface area (Å²) < 4.78 is 6.46. The highest BCUT2D eigenvalue weighted by Gasteiger charge is 2.75. The van der Waals surface area contributed by atoms with E-state index in [2.05, 4.69) is 10.6 Å². The Morgan fingerprint density at radius 2 is 1.78 bits per heavy atom. The molecule has 8 nitrogen and oxygen atoms in total. The lowest BCUT2D eigenvalue weighted by molar-refractivity contribution is -0.143. The molecule has 3 saturated heterocycles. The fraction of sp³-hybridized carbons (Fsp3) is 0.464.